The van der Waals surface area contributed by atoms with E-state index in [0.29, 0.717) is 29.0 Å². The molecule has 11 heteroatoms. The maximum absolute atomic E-state index is 12.8. The van der Waals surface area contributed by atoms with Crippen LogP contribution in [0.4, 0.5) is 5.82 Å². The second-order valence-corrected chi connectivity index (χ2v) is 8.05. The van der Waals surface area contributed by atoms with E-state index in [0.717, 1.165) is 16.3 Å². The minimum absolute atomic E-state index is 0.00389. The predicted octanol–water partition coefficient (Wildman–Crippen LogP) is 1.48. The first-order chi connectivity index (χ1) is 13.7. The summed E-state index contributed by atoms with van der Waals surface area (Å²) < 4.78 is 7.45. The highest BCUT2D eigenvalue weighted by atomic mass is 32.2. The van der Waals surface area contributed by atoms with Gasteiger partial charge in [-0.15, -0.1) is 0 Å². The Morgan fingerprint density at radius 1 is 1.28 bits per heavy atom. The first kappa shape index (κ1) is 20.8. The van der Waals surface area contributed by atoms with Crippen molar-refractivity contribution in [2.75, 3.05) is 11.1 Å². The van der Waals surface area contributed by atoms with E-state index >= 15 is 0 Å². The van der Waals surface area contributed by atoms with Crippen LogP contribution in [0.5, 0.6) is 0 Å². The monoisotopic (exact) mass is 418 g/mol. The van der Waals surface area contributed by atoms with Crippen molar-refractivity contribution < 1.29 is 9.32 Å². The molecule has 10 nitrogen and oxygen atoms in total. The summed E-state index contributed by atoms with van der Waals surface area (Å²) in [4.78, 5) is 46.3. The molecule has 3 aromatic heterocycles. The highest BCUT2D eigenvalue weighted by Crippen LogP contribution is 2.23. The summed E-state index contributed by atoms with van der Waals surface area (Å²) in [5, 5.41) is 6.93. The van der Waals surface area contributed by atoms with Gasteiger partial charge in [0.1, 0.15) is 22.0 Å². The van der Waals surface area contributed by atoms with Crippen LogP contribution in [0.15, 0.2) is 25.2 Å². The normalized spacial score (nSPS) is 11.4. The smallest absolute Gasteiger partial charge is 0.332 e. The van der Waals surface area contributed by atoms with E-state index in [4.69, 9.17) is 4.52 Å². The van der Waals surface area contributed by atoms with Crippen LogP contribution in [-0.2, 0) is 18.4 Å². The Labute approximate surface area is 170 Å². The van der Waals surface area contributed by atoms with Crippen molar-refractivity contribution in [3.05, 3.63) is 38.5 Å². The summed E-state index contributed by atoms with van der Waals surface area (Å²) in [5.41, 5.74) is -0.626. The minimum atomic E-state index is -0.486. The number of anilines is 1. The van der Waals surface area contributed by atoms with E-state index in [1.54, 1.807) is 19.9 Å². The summed E-state index contributed by atoms with van der Waals surface area (Å²) >= 11 is 1.10. The van der Waals surface area contributed by atoms with Gasteiger partial charge in [-0.25, -0.2) is 14.8 Å². The molecule has 0 fully saturated rings. The van der Waals surface area contributed by atoms with Crippen LogP contribution in [0.2, 0.25) is 0 Å². The molecule has 0 unspecified atom stereocenters. The molecule has 0 bridgehead atoms. The highest BCUT2D eigenvalue weighted by Gasteiger charge is 2.19. The standard InChI is InChI=1S/C18H22N6O4S/c1-9(2)7-24-15-14(17(26)23(5)18(24)27)16(20-11(4)19-15)29-8-13(25)21-12-6-10(3)28-22-12/h6,9H,7-8H2,1-5H3,(H,21,22,25). The molecule has 0 aliphatic rings. The van der Waals surface area contributed by atoms with E-state index in [2.05, 4.69) is 20.4 Å². The van der Waals surface area contributed by atoms with Crippen molar-refractivity contribution in [3.63, 3.8) is 0 Å². The Balaban J connectivity index is 1.99. The van der Waals surface area contributed by atoms with Gasteiger partial charge in [-0.05, 0) is 19.8 Å². The topological polar surface area (TPSA) is 125 Å². The van der Waals surface area contributed by atoms with Crippen molar-refractivity contribution in [3.8, 4) is 0 Å². The Kier molecular flexibility index (Phi) is 5.87. The van der Waals surface area contributed by atoms with Gasteiger partial charge in [0.05, 0.1) is 5.75 Å². The van der Waals surface area contributed by atoms with E-state index in [1.807, 2.05) is 13.8 Å². The van der Waals surface area contributed by atoms with Crippen molar-refractivity contribution >= 4 is 34.5 Å². The molecule has 0 atom stereocenters. The van der Waals surface area contributed by atoms with Gasteiger partial charge < -0.3 is 9.84 Å². The Morgan fingerprint density at radius 2 is 2.00 bits per heavy atom. The number of hydrogen-bond donors (Lipinski definition) is 1. The van der Waals surface area contributed by atoms with Gasteiger partial charge in [-0.1, -0.05) is 30.8 Å². The molecule has 0 aromatic carbocycles. The second kappa shape index (κ2) is 8.19. The van der Waals surface area contributed by atoms with Crippen LogP contribution in [0.3, 0.4) is 0 Å². The molecule has 3 aromatic rings. The molecule has 1 amide bonds. The summed E-state index contributed by atoms with van der Waals surface area (Å²) in [5.74, 6) is 1.17. The van der Waals surface area contributed by atoms with Gasteiger partial charge in [0, 0.05) is 19.7 Å². The molecule has 0 spiro atoms. The molecular formula is C18H22N6O4S. The molecule has 1 N–H and O–H groups in total. The van der Waals surface area contributed by atoms with Crippen LogP contribution in [0.25, 0.3) is 11.0 Å². The van der Waals surface area contributed by atoms with Gasteiger partial charge in [0.25, 0.3) is 5.56 Å². The zero-order chi connectivity index (χ0) is 21.3. The Hall–Kier alpha value is -2.95. The fourth-order valence-corrected chi connectivity index (χ4v) is 3.67. The Bertz CT molecular complexity index is 1190. The summed E-state index contributed by atoms with van der Waals surface area (Å²) in [6.45, 7) is 7.77. The molecule has 3 heterocycles. The molecule has 29 heavy (non-hydrogen) atoms. The predicted molar refractivity (Wildman–Crippen MR) is 109 cm³/mol. The molecule has 3 rings (SSSR count). The summed E-state index contributed by atoms with van der Waals surface area (Å²) in [7, 11) is 1.43. The molecular weight excluding hydrogens is 396 g/mol. The first-order valence-electron chi connectivity index (χ1n) is 9.01. The molecule has 0 saturated heterocycles. The van der Waals surface area contributed by atoms with Crippen LogP contribution >= 0.6 is 11.8 Å². The van der Waals surface area contributed by atoms with E-state index in [9.17, 15) is 14.4 Å². The molecule has 154 valence electrons. The van der Waals surface area contributed by atoms with E-state index in [1.165, 1.54) is 11.6 Å². The zero-order valence-electron chi connectivity index (χ0n) is 16.8. The summed E-state index contributed by atoms with van der Waals surface area (Å²) in [6.07, 6.45) is 0. The van der Waals surface area contributed by atoms with Crippen LogP contribution in [-0.4, -0.2) is 35.9 Å². The van der Waals surface area contributed by atoms with Crippen molar-refractivity contribution in [2.45, 2.75) is 39.3 Å². The average molecular weight is 418 g/mol. The lowest BCUT2D eigenvalue weighted by Gasteiger charge is -2.15. The lowest BCUT2D eigenvalue weighted by atomic mass is 10.2. The van der Waals surface area contributed by atoms with Gasteiger partial charge in [0.15, 0.2) is 11.5 Å². The number of rotatable bonds is 6. The number of hydrogen-bond acceptors (Lipinski definition) is 8. The van der Waals surface area contributed by atoms with Gasteiger partial charge in [0.2, 0.25) is 5.91 Å². The number of carbonyl (C=O) groups excluding carboxylic acids is 1. The third kappa shape index (κ3) is 4.39. The second-order valence-electron chi connectivity index (χ2n) is 7.09. The van der Waals surface area contributed by atoms with Crippen LogP contribution in [0, 0.1) is 19.8 Å². The minimum Gasteiger partial charge on any atom is -0.360 e. The number of thioether (sulfide) groups is 1. The third-order valence-corrected chi connectivity index (χ3v) is 5.02. The Morgan fingerprint density at radius 3 is 2.62 bits per heavy atom. The third-order valence-electron chi connectivity index (χ3n) is 4.04. The van der Waals surface area contributed by atoms with Gasteiger partial charge >= 0.3 is 5.69 Å². The van der Waals surface area contributed by atoms with Crippen LogP contribution < -0.4 is 16.6 Å². The fourth-order valence-electron chi connectivity index (χ4n) is 2.81. The lowest BCUT2D eigenvalue weighted by Crippen LogP contribution is -2.39. The van der Waals surface area contributed by atoms with Crippen LogP contribution in [0.1, 0.15) is 25.4 Å². The maximum atomic E-state index is 12.8. The molecule has 0 aliphatic heterocycles. The lowest BCUT2D eigenvalue weighted by molar-refractivity contribution is -0.113. The molecule has 0 aliphatic carbocycles. The van der Waals surface area contributed by atoms with Gasteiger partial charge in [-0.3, -0.25) is 18.7 Å². The maximum Gasteiger partial charge on any atom is 0.332 e. The van der Waals surface area contributed by atoms with Gasteiger partial charge in [-0.2, -0.15) is 0 Å². The number of aryl methyl sites for hydroxylation is 2. The average Bonchev–Trinajstić information content (AvgIpc) is 3.05. The summed E-state index contributed by atoms with van der Waals surface area (Å²) in [6, 6.07) is 1.60. The number of nitrogens with one attached hydrogen (secondary N) is 1. The number of nitrogens with zero attached hydrogens (tertiary/aromatic N) is 5. The van der Waals surface area contributed by atoms with Crippen molar-refractivity contribution in [1.29, 1.82) is 0 Å². The molecule has 0 radical (unpaired) electrons. The SMILES string of the molecule is Cc1nc(SCC(=O)Nc2cc(C)on2)c2c(=O)n(C)c(=O)n(CC(C)C)c2n1. The van der Waals surface area contributed by atoms with Crippen molar-refractivity contribution in [2.24, 2.45) is 13.0 Å². The molecule has 0 saturated carbocycles. The quantitative estimate of drug-likeness (QED) is 0.471. The number of aromatic nitrogens is 5. The number of fused-ring (bicyclic) bond motifs is 1. The van der Waals surface area contributed by atoms with Crippen molar-refractivity contribution in [1.82, 2.24) is 24.3 Å². The van der Waals surface area contributed by atoms with E-state index in [-0.39, 0.29) is 28.6 Å². The largest absolute Gasteiger partial charge is 0.360 e. The van der Waals surface area contributed by atoms with E-state index < -0.39 is 11.2 Å². The zero-order valence-corrected chi connectivity index (χ0v) is 17.7. The first-order valence-corrected chi connectivity index (χ1v) is 10.00. The highest BCUT2D eigenvalue weighted by molar-refractivity contribution is 8.00. The number of amides is 1. The number of carbonyl (C=O) groups is 1. The fraction of sp³-hybridized carbons (Fsp3) is 0.444.